The van der Waals surface area contributed by atoms with Crippen LogP contribution in [0, 0.1) is 6.92 Å². The van der Waals surface area contributed by atoms with Gasteiger partial charge in [-0.25, -0.2) is 5.84 Å². The molecule has 0 fully saturated rings. The second-order valence-corrected chi connectivity index (χ2v) is 3.77. The van der Waals surface area contributed by atoms with Crippen molar-refractivity contribution in [3.63, 3.8) is 0 Å². The van der Waals surface area contributed by atoms with E-state index in [9.17, 15) is 0 Å². The Labute approximate surface area is 110 Å². The fourth-order valence-electron chi connectivity index (χ4n) is 1.51. The summed E-state index contributed by atoms with van der Waals surface area (Å²) >= 11 is 0. The van der Waals surface area contributed by atoms with Crippen molar-refractivity contribution >= 4 is 17.6 Å². The minimum atomic E-state index is 0.203. The van der Waals surface area contributed by atoms with E-state index in [1.54, 1.807) is 4.68 Å². The topological polar surface area (TPSA) is 116 Å². The largest absolute Gasteiger partial charge is 0.464 e. The maximum Gasteiger partial charge on any atom is 0.323 e. The van der Waals surface area contributed by atoms with E-state index in [-0.39, 0.29) is 12.0 Å². The Morgan fingerprint density at radius 2 is 2.05 bits per heavy atom. The highest BCUT2D eigenvalue weighted by Gasteiger charge is 2.09. The van der Waals surface area contributed by atoms with Gasteiger partial charge in [-0.3, -0.25) is 10.1 Å². The van der Waals surface area contributed by atoms with Crippen LogP contribution < -0.4 is 21.3 Å². The van der Waals surface area contributed by atoms with Crippen molar-refractivity contribution in [2.45, 2.75) is 13.8 Å². The number of nitrogens with zero attached hydrogens (tertiary/aromatic N) is 5. The third-order valence-electron chi connectivity index (χ3n) is 2.28. The average Bonchev–Trinajstić information content (AvgIpc) is 2.68. The molecule has 4 N–H and O–H groups in total. The molecule has 0 bridgehead atoms. The summed E-state index contributed by atoms with van der Waals surface area (Å²) in [5.74, 6) is 5.87. The first-order valence-corrected chi connectivity index (χ1v) is 5.75. The van der Waals surface area contributed by atoms with Gasteiger partial charge in [0.25, 0.3) is 0 Å². The maximum atomic E-state index is 5.31. The number of nitrogen functional groups attached to an aromatic ring is 1. The van der Waals surface area contributed by atoms with Crippen LogP contribution in [0.3, 0.4) is 0 Å². The van der Waals surface area contributed by atoms with Gasteiger partial charge in [-0.1, -0.05) is 0 Å². The number of hydrogen-bond acceptors (Lipinski definition) is 8. The van der Waals surface area contributed by atoms with Crippen molar-refractivity contribution in [3.8, 4) is 6.01 Å². The lowest BCUT2D eigenvalue weighted by atomic mass is 10.4. The van der Waals surface area contributed by atoms with Gasteiger partial charge in [0.05, 0.1) is 18.0 Å². The first-order valence-electron chi connectivity index (χ1n) is 5.75. The molecule has 0 aliphatic heterocycles. The van der Waals surface area contributed by atoms with Crippen molar-refractivity contribution in [1.82, 2.24) is 24.7 Å². The molecular formula is C10H16N8O. The van der Waals surface area contributed by atoms with Gasteiger partial charge < -0.3 is 10.1 Å². The summed E-state index contributed by atoms with van der Waals surface area (Å²) in [5.41, 5.74) is 4.01. The molecule has 9 nitrogen and oxygen atoms in total. The van der Waals surface area contributed by atoms with Crippen LogP contribution in [0.5, 0.6) is 6.01 Å². The standard InChI is InChI=1S/C10H16N8O/c1-4-19-10-14-8(13-9(15-10)16-11)12-7-5-18(3)17-6(7)2/h5H,4,11H2,1-3H3,(H2,12,13,14,15,16). The van der Waals surface area contributed by atoms with Crippen LogP contribution in [0.15, 0.2) is 6.20 Å². The Bertz CT molecular complexity index is 567. The number of hydrazine groups is 1. The van der Waals surface area contributed by atoms with Gasteiger partial charge in [-0.15, -0.1) is 0 Å². The Morgan fingerprint density at radius 3 is 2.63 bits per heavy atom. The molecular weight excluding hydrogens is 248 g/mol. The van der Waals surface area contributed by atoms with Crippen LogP contribution in [0.25, 0.3) is 0 Å². The summed E-state index contributed by atoms with van der Waals surface area (Å²) in [6.45, 7) is 4.19. The summed E-state index contributed by atoms with van der Waals surface area (Å²) in [7, 11) is 1.84. The predicted octanol–water partition coefficient (Wildman–Crippen LogP) is 0.341. The van der Waals surface area contributed by atoms with Crippen LogP contribution in [0.4, 0.5) is 17.6 Å². The molecule has 0 saturated heterocycles. The van der Waals surface area contributed by atoms with Crippen LogP contribution in [0.1, 0.15) is 12.6 Å². The number of nitrogens with one attached hydrogen (secondary N) is 2. The molecule has 0 unspecified atom stereocenters. The van der Waals surface area contributed by atoms with Crippen molar-refractivity contribution in [3.05, 3.63) is 11.9 Å². The first-order chi connectivity index (χ1) is 9.12. The lowest BCUT2D eigenvalue weighted by molar-refractivity contribution is 0.312. The Hall–Kier alpha value is -2.42. The molecule has 0 radical (unpaired) electrons. The molecule has 2 aromatic rings. The van der Waals surface area contributed by atoms with E-state index >= 15 is 0 Å². The second-order valence-electron chi connectivity index (χ2n) is 3.77. The van der Waals surface area contributed by atoms with Crippen LogP contribution >= 0.6 is 0 Å². The van der Waals surface area contributed by atoms with Crippen molar-refractivity contribution < 1.29 is 4.74 Å². The number of rotatable bonds is 5. The molecule has 2 rings (SSSR count). The lowest BCUT2D eigenvalue weighted by Gasteiger charge is -2.07. The fourth-order valence-corrected chi connectivity index (χ4v) is 1.51. The number of ether oxygens (including phenoxy) is 1. The van der Waals surface area contributed by atoms with Crippen LogP contribution in [-0.2, 0) is 7.05 Å². The predicted molar refractivity (Wildman–Crippen MR) is 70.0 cm³/mol. The zero-order valence-electron chi connectivity index (χ0n) is 11.0. The molecule has 0 aliphatic rings. The van der Waals surface area contributed by atoms with E-state index in [1.165, 1.54) is 0 Å². The molecule has 9 heteroatoms. The normalized spacial score (nSPS) is 10.3. The van der Waals surface area contributed by atoms with Crippen LogP contribution in [-0.4, -0.2) is 31.3 Å². The molecule has 0 spiro atoms. The highest BCUT2D eigenvalue weighted by Crippen LogP contribution is 2.18. The number of aromatic nitrogens is 5. The number of hydrogen-bond donors (Lipinski definition) is 3. The van der Waals surface area contributed by atoms with Crippen molar-refractivity contribution in [2.75, 3.05) is 17.3 Å². The molecule has 2 heterocycles. The number of aryl methyl sites for hydroxylation is 2. The zero-order valence-corrected chi connectivity index (χ0v) is 11.0. The molecule has 2 aromatic heterocycles. The number of nitrogens with two attached hydrogens (primary N) is 1. The zero-order chi connectivity index (χ0) is 13.8. The monoisotopic (exact) mass is 264 g/mol. The molecule has 0 atom stereocenters. The van der Waals surface area contributed by atoms with Gasteiger partial charge in [0.2, 0.25) is 11.9 Å². The van der Waals surface area contributed by atoms with Crippen LogP contribution in [0.2, 0.25) is 0 Å². The smallest absolute Gasteiger partial charge is 0.323 e. The van der Waals surface area contributed by atoms with E-state index < -0.39 is 0 Å². The minimum Gasteiger partial charge on any atom is -0.464 e. The molecule has 19 heavy (non-hydrogen) atoms. The average molecular weight is 264 g/mol. The Morgan fingerprint density at radius 1 is 1.32 bits per heavy atom. The highest BCUT2D eigenvalue weighted by atomic mass is 16.5. The summed E-state index contributed by atoms with van der Waals surface area (Å²) in [6.07, 6.45) is 1.83. The Balaban J connectivity index is 2.28. The second kappa shape index (κ2) is 5.48. The van der Waals surface area contributed by atoms with Gasteiger partial charge in [0.1, 0.15) is 0 Å². The summed E-state index contributed by atoms with van der Waals surface area (Å²) in [5, 5.41) is 7.27. The molecule has 0 aliphatic carbocycles. The molecule has 102 valence electrons. The van der Waals surface area contributed by atoms with Gasteiger partial charge >= 0.3 is 6.01 Å². The van der Waals surface area contributed by atoms with Gasteiger partial charge in [0, 0.05) is 13.2 Å². The highest BCUT2D eigenvalue weighted by molar-refractivity contribution is 5.55. The molecule has 0 amide bonds. The van der Waals surface area contributed by atoms with Crippen molar-refractivity contribution in [1.29, 1.82) is 0 Å². The van der Waals surface area contributed by atoms with E-state index in [0.29, 0.717) is 12.6 Å². The third kappa shape index (κ3) is 3.07. The maximum absolute atomic E-state index is 5.31. The molecule has 0 saturated carbocycles. The fraction of sp³-hybridized carbons (Fsp3) is 0.400. The quantitative estimate of drug-likeness (QED) is 0.523. The van der Waals surface area contributed by atoms with E-state index in [4.69, 9.17) is 10.6 Å². The number of anilines is 3. The summed E-state index contributed by atoms with van der Waals surface area (Å²) < 4.78 is 6.94. The third-order valence-corrected chi connectivity index (χ3v) is 2.28. The summed E-state index contributed by atoms with van der Waals surface area (Å²) in [4.78, 5) is 12.2. The SMILES string of the molecule is CCOc1nc(NN)nc(Nc2cn(C)nc2C)n1. The van der Waals surface area contributed by atoms with Crippen molar-refractivity contribution in [2.24, 2.45) is 12.9 Å². The van der Waals surface area contributed by atoms with E-state index in [1.807, 2.05) is 27.1 Å². The summed E-state index contributed by atoms with van der Waals surface area (Å²) in [6, 6.07) is 0.203. The lowest BCUT2D eigenvalue weighted by Crippen LogP contribution is -2.13. The van der Waals surface area contributed by atoms with E-state index in [0.717, 1.165) is 11.4 Å². The van der Waals surface area contributed by atoms with Gasteiger partial charge in [-0.2, -0.15) is 20.1 Å². The van der Waals surface area contributed by atoms with E-state index in [2.05, 4.69) is 30.8 Å². The Kier molecular flexibility index (Phi) is 3.76. The molecule has 0 aromatic carbocycles. The first kappa shape index (κ1) is 13.0. The van der Waals surface area contributed by atoms with Gasteiger partial charge in [-0.05, 0) is 13.8 Å². The minimum absolute atomic E-state index is 0.203. The van der Waals surface area contributed by atoms with Gasteiger partial charge in [0.15, 0.2) is 0 Å².